The first kappa shape index (κ1) is 20.6. The SMILES string of the molecule is COC(=O)c1ccc(Cn2c(-c3cccc(C)c3)nc3sc4c(c3c2=O)CCCC4)cc1. The molecule has 4 aromatic rings. The molecule has 0 bridgehead atoms. The van der Waals surface area contributed by atoms with Crippen molar-refractivity contribution in [3.63, 3.8) is 0 Å². The van der Waals surface area contributed by atoms with Gasteiger partial charge in [-0.3, -0.25) is 9.36 Å². The van der Waals surface area contributed by atoms with Gasteiger partial charge in [0.05, 0.1) is 24.6 Å². The summed E-state index contributed by atoms with van der Waals surface area (Å²) in [5, 5.41) is 0.785. The van der Waals surface area contributed by atoms with Gasteiger partial charge in [-0.25, -0.2) is 9.78 Å². The van der Waals surface area contributed by atoms with E-state index in [1.54, 1.807) is 28.0 Å². The Morgan fingerprint density at radius 3 is 2.66 bits per heavy atom. The number of carbonyl (C=O) groups is 1. The maximum absolute atomic E-state index is 13.8. The Morgan fingerprint density at radius 1 is 1.12 bits per heavy atom. The van der Waals surface area contributed by atoms with Crippen molar-refractivity contribution >= 4 is 27.5 Å². The van der Waals surface area contributed by atoms with Gasteiger partial charge in [0, 0.05) is 10.4 Å². The first-order valence-electron chi connectivity index (χ1n) is 10.8. The normalized spacial score (nSPS) is 13.2. The fraction of sp³-hybridized carbons (Fsp3) is 0.269. The largest absolute Gasteiger partial charge is 0.465 e. The molecular weight excluding hydrogens is 420 g/mol. The highest BCUT2D eigenvalue weighted by atomic mass is 32.1. The van der Waals surface area contributed by atoms with Gasteiger partial charge in [-0.15, -0.1) is 11.3 Å². The van der Waals surface area contributed by atoms with Crippen LogP contribution in [-0.4, -0.2) is 22.6 Å². The molecule has 6 heteroatoms. The number of thiophene rings is 1. The summed E-state index contributed by atoms with van der Waals surface area (Å²) in [5.41, 5.74) is 4.68. The summed E-state index contributed by atoms with van der Waals surface area (Å²) in [7, 11) is 1.37. The van der Waals surface area contributed by atoms with Crippen LogP contribution >= 0.6 is 11.3 Å². The molecule has 0 spiro atoms. The lowest BCUT2D eigenvalue weighted by molar-refractivity contribution is 0.0600. The molecule has 5 nitrogen and oxygen atoms in total. The van der Waals surface area contributed by atoms with E-state index in [2.05, 4.69) is 6.07 Å². The summed E-state index contributed by atoms with van der Waals surface area (Å²) >= 11 is 1.67. The smallest absolute Gasteiger partial charge is 0.337 e. The first-order valence-corrected chi connectivity index (χ1v) is 11.7. The number of hydrogen-bond donors (Lipinski definition) is 0. The zero-order valence-electron chi connectivity index (χ0n) is 18.2. The van der Waals surface area contributed by atoms with Crippen LogP contribution in [0.5, 0.6) is 0 Å². The monoisotopic (exact) mass is 444 g/mol. The van der Waals surface area contributed by atoms with Gasteiger partial charge in [-0.2, -0.15) is 0 Å². The summed E-state index contributed by atoms with van der Waals surface area (Å²) in [5.74, 6) is 0.309. The van der Waals surface area contributed by atoms with Crippen molar-refractivity contribution in [1.29, 1.82) is 0 Å². The third-order valence-corrected chi connectivity index (χ3v) is 7.25. The molecule has 0 amide bonds. The molecule has 1 aliphatic carbocycles. The van der Waals surface area contributed by atoms with E-state index in [9.17, 15) is 9.59 Å². The van der Waals surface area contributed by atoms with Crippen LogP contribution in [0.15, 0.2) is 53.3 Å². The third kappa shape index (κ3) is 3.65. The Balaban J connectivity index is 1.68. The van der Waals surface area contributed by atoms with E-state index in [4.69, 9.17) is 9.72 Å². The van der Waals surface area contributed by atoms with Gasteiger partial charge in [0.15, 0.2) is 0 Å². The van der Waals surface area contributed by atoms with E-state index in [1.807, 2.05) is 37.3 Å². The molecule has 0 saturated heterocycles. The van der Waals surface area contributed by atoms with Crippen molar-refractivity contribution in [3.8, 4) is 11.4 Å². The van der Waals surface area contributed by atoms with Crippen LogP contribution in [0.1, 0.15) is 44.8 Å². The van der Waals surface area contributed by atoms with Crippen molar-refractivity contribution < 1.29 is 9.53 Å². The molecule has 2 aromatic carbocycles. The zero-order valence-corrected chi connectivity index (χ0v) is 19.0. The summed E-state index contributed by atoms with van der Waals surface area (Å²) in [6.45, 7) is 2.43. The average Bonchev–Trinajstić information content (AvgIpc) is 3.19. The number of nitrogens with zero attached hydrogens (tertiary/aromatic N) is 2. The van der Waals surface area contributed by atoms with Gasteiger partial charge in [0.2, 0.25) is 0 Å². The second-order valence-corrected chi connectivity index (χ2v) is 9.36. The maximum Gasteiger partial charge on any atom is 0.337 e. The van der Waals surface area contributed by atoms with Gasteiger partial charge >= 0.3 is 5.97 Å². The van der Waals surface area contributed by atoms with E-state index in [-0.39, 0.29) is 11.5 Å². The molecule has 5 rings (SSSR count). The Kier molecular flexibility index (Phi) is 5.39. The number of fused-ring (bicyclic) bond motifs is 3. The van der Waals surface area contributed by atoms with Gasteiger partial charge in [0.25, 0.3) is 5.56 Å². The number of rotatable bonds is 4. The predicted molar refractivity (Wildman–Crippen MR) is 128 cm³/mol. The van der Waals surface area contributed by atoms with Gasteiger partial charge in [-0.05, 0) is 61.9 Å². The van der Waals surface area contributed by atoms with E-state index in [0.717, 1.165) is 46.2 Å². The van der Waals surface area contributed by atoms with Crippen LogP contribution in [0.3, 0.4) is 0 Å². The molecule has 2 aromatic heterocycles. The van der Waals surface area contributed by atoms with Crippen molar-refractivity contribution in [2.24, 2.45) is 0 Å². The molecule has 0 atom stereocenters. The Labute approximate surface area is 190 Å². The molecule has 0 N–H and O–H groups in total. The van der Waals surface area contributed by atoms with Crippen LogP contribution in [-0.2, 0) is 24.1 Å². The third-order valence-electron chi connectivity index (χ3n) is 6.07. The predicted octanol–water partition coefficient (Wildman–Crippen LogP) is 5.15. The van der Waals surface area contributed by atoms with Crippen LogP contribution in [0.4, 0.5) is 0 Å². The molecule has 0 saturated carbocycles. The lowest BCUT2D eigenvalue weighted by Crippen LogP contribution is -2.24. The molecule has 0 unspecified atom stereocenters. The van der Waals surface area contributed by atoms with Crippen LogP contribution in [0.25, 0.3) is 21.6 Å². The Hall–Kier alpha value is -3.25. The van der Waals surface area contributed by atoms with E-state index in [0.29, 0.717) is 17.9 Å². The zero-order chi connectivity index (χ0) is 22.2. The fourth-order valence-electron chi connectivity index (χ4n) is 4.44. The van der Waals surface area contributed by atoms with Gasteiger partial charge in [-0.1, -0.05) is 35.9 Å². The fourth-order valence-corrected chi connectivity index (χ4v) is 5.69. The Morgan fingerprint density at radius 2 is 1.91 bits per heavy atom. The molecule has 1 aliphatic rings. The highest BCUT2D eigenvalue weighted by molar-refractivity contribution is 7.18. The highest BCUT2D eigenvalue weighted by Gasteiger charge is 2.22. The van der Waals surface area contributed by atoms with Crippen molar-refractivity contribution in [2.45, 2.75) is 39.2 Å². The second kappa shape index (κ2) is 8.36. The number of methoxy groups -OCH3 is 1. The van der Waals surface area contributed by atoms with Crippen molar-refractivity contribution in [3.05, 3.63) is 86.0 Å². The molecular formula is C26H24N2O3S. The van der Waals surface area contributed by atoms with Crippen LogP contribution in [0.2, 0.25) is 0 Å². The lowest BCUT2D eigenvalue weighted by Gasteiger charge is -2.15. The Bertz CT molecular complexity index is 1380. The van der Waals surface area contributed by atoms with E-state index in [1.165, 1.54) is 24.0 Å². The summed E-state index contributed by atoms with van der Waals surface area (Å²) < 4.78 is 6.57. The van der Waals surface area contributed by atoms with Crippen LogP contribution < -0.4 is 5.56 Å². The molecule has 0 radical (unpaired) electrons. The average molecular weight is 445 g/mol. The molecule has 2 heterocycles. The van der Waals surface area contributed by atoms with Gasteiger partial charge in [0.1, 0.15) is 10.7 Å². The standard InChI is InChI=1S/C26H24N2O3S/c1-16-6-5-7-19(14-16)23-27-24-22(20-8-3-4-9-21(20)32-24)25(29)28(23)15-17-10-12-18(13-11-17)26(30)31-2/h5-7,10-14H,3-4,8-9,15H2,1-2H3. The molecule has 162 valence electrons. The second-order valence-electron chi connectivity index (χ2n) is 8.28. The quantitative estimate of drug-likeness (QED) is 0.409. The number of ether oxygens (including phenoxy) is 1. The number of aromatic nitrogens is 2. The van der Waals surface area contributed by atoms with Crippen LogP contribution in [0, 0.1) is 6.92 Å². The maximum atomic E-state index is 13.8. The summed E-state index contributed by atoms with van der Waals surface area (Å²) in [6.07, 6.45) is 4.27. The first-order chi connectivity index (χ1) is 15.5. The number of benzene rings is 2. The lowest BCUT2D eigenvalue weighted by atomic mass is 9.97. The number of aryl methyl sites for hydroxylation is 3. The van der Waals surface area contributed by atoms with E-state index < -0.39 is 0 Å². The minimum Gasteiger partial charge on any atom is -0.465 e. The minimum absolute atomic E-state index is 0.0166. The molecule has 0 aliphatic heterocycles. The molecule has 0 fully saturated rings. The number of esters is 1. The number of carbonyl (C=O) groups excluding carboxylic acids is 1. The molecule has 32 heavy (non-hydrogen) atoms. The number of hydrogen-bond acceptors (Lipinski definition) is 5. The summed E-state index contributed by atoms with van der Waals surface area (Å²) in [6, 6.07) is 15.3. The summed E-state index contributed by atoms with van der Waals surface area (Å²) in [4.78, 5) is 32.8. The minimum atomic E-state index is -0.373. The highest BCUT2D eigenvalue weighted by Crippen LogP contribution is 2.35. The van der Waals surface area contributed by atoms with Gasteiger partial charge < -0.3 is 4.74 Å². The van der Waals surface area contributed by atoms with Crippen molar-refractivity contribution in [2.75, 3.05) is 7.11 Å². The van der Waals surface area contributed by atoms with Crippen molar-refractivity contribution in [1.82, 2.24) is 9.55 Å². The topological polar surface area (TPSA) is 61.2 Å². The van der Waals surface area contributed by atoms with E-state index >= 15 is 0 Å².